The minimum atomic E-state index is -0.233. The molecular weight excluding hydrogens is 216 g/mol. The zero-order chi connectivity index (χ0) is 10.6. The Morgan fingerprint density at radius 1 is 1.71 bits per heavy atom. The number of aromatic nitrogens is 1. The molecule has 1 aromatic heterocycles. The van der Waals surface area contributed by atoms with Crippen LogP contribution in [0.25, 0.3) is 0 Å². The molecule has 1 aromatic rings. The van der Waals surface area contributed by atoms with Crippen LogP contribution in [0, 0.1) is 5.92 Å². The second-order valence-electron chi connectivity index (χ2n) is 3.37. The lowest BCUT2D eigenvalue weighted by atomic mass is 10.1. The molecule has 0 spiro atoms. The van der Waals surface area contributed by atoms with Crippen molar-refractivity contribution in [2.24, 2.45) is 5.92 Å². The van der Waals surface area contributed by atoms with E-state index in [2.05, 4.69) is 22.9 Å². The van der Waals surface area contributed by atoms with Crippen molar-refractivity contribution < 1.29 is 4.79 Å². The van der Waals surface area contributed by atoms with Gasteiger partial charge in [0, 0.05) is 11.1 Å². The molecule has 14 heavy (non-hydrogen) atoms. The SMILES string of the molecule is CC(C)C(S)C(=O)NCc1cncs1. The Hall–Kier alpha value is -0.550. The van der Waals surface area contributed by atoms with Crippen molar-refractivity contribution in [2.45, 2.75) is 25.6 Å². The van der Waals surface area contributed by atoms with Crippen molar-refractivity contribution in [1.82, 2.24) is 10.3 Å². The summed E-state index contributed by atoms with van der Waals surface area (Å²) in [5.74, 6) is 0.233. The van der Waals surface area contributed by atoms with Crippen molar-refractivity contribution in [3.63, 3.8) is 0 Å². The van der Waals surface area contributed by atoms with E-state index in [0.717, 1.165) is 4.88 Å². The summed E-state index contributed by atoms with van der Waals surface area (Å²) >= 11 is 5.76. The molecule has 0 aliphatic rings. The van der Waals surface area contributed by atoms with Crippen molar-refractivity contribution in [3.05, 3.63) is 16.6 Å². The molecule has 3 nitrogen and oxygen atoms in total. The number of thiol groups is 1. The van der Waals surface area contributed by atoms with Crippen LogP contribution in [-0.2, 0) is 11.3 Å². The van der Waals surface area contributed by atoms with Crippen LogP contribution < -0.4 is 5.32 Å². The molecule has 0 aliphatic carbocycles. The van der Waals surface area contributed by atoms with Crippen LogP contribution >= 0.6 is 24.0 Å². The summed E-state index contributed by atoms with van der Waals surface area (Å²) < 4.78 is 0. The zero-order valence-corrected chi connectivity index (χ0v) is 9.94. The van der Waals surface area contributed by atoms with E-state index in [1.54, 1.807) is 11.7 Å². The summed E-state index contributed by atoms with van der Waals surface area (Å²) in [6.07, 6.45) is 1.76. The Labute approximate surface area is 93.3 Å². The minimum Gasteiger partial charge on any atom is -0.350 e. The quantitative estimate of drug-likeness (QED) is 0.773. The van der Waals surface area contributed by atoms with Crippen LogP contribution in [0.5, 0.6) is 0 Å². The first-order valence-corrected chi connectivity index (χ1v) is 5.84. The van der Waals surface area contributed by atoms with Gasteiger partial charge in [0.1, 0.15) is 0 Å². The van der Waals surface area contributed by atoms with Crippen LogP contribution in [0.3, 0.4) is 0 Å². The van der Waals surface area contributed by atoms with E-state index in [1.165, 1.54) is 11.3 Å². The van der Waals surface area contributed by atoms with E-state index in [9.17, 15) is 4.79 Å². The monoisotopic (exact) mass is 230 g/mol. The average molecular weight is 230 g/mol. The number of nitrogens with one attached hydrogen (secondary N) is 1. The number of carbonyl (C=O) groups is 1. The van der Waals surface area contributed by atoms with E-state index < -0.39 is 0 Å². The molecule has 78 valence electrons. The number of carbonyl (C=O) groups excluding carboxylic acids is 1. The van der Waals surface area contributed by atoms with Crippen LogP contribution in [0.1, 0.15) is 18.7 Å². The molecule has 5 heteroatoms. The number of hydrogen-bond donors (Lipinski definition) is 2. The Morgan fingerprint density at radius 2 is 2.43 bits per heavy atom. The highest BCUT2D eigenvalue weighted by atomic mass is 32.1. The number of nitrogens with zero attached hydrogens (tertiary/aromatic N) is 1. The Balaban J connectivity index is 2.35. The van der Waals surface area contributed by atoms with Crippen LogP contribution in [0.15, 0.2) is 11.7 Å². The van der Waals surface area contributed by atoms with Gasteiger partial charge >= 0.3 is 0 Å². The smallest absolute Gasteiger partial charge is 0.233 e. The maximum atomic E-state index is 11.5. The van der Waals surface area contributed by atoms with E-state index >= 15 is 0 Å². The van der Waals surface area contributed by atoms with Gasteiger partial charge < -0.3 is 5.32 Å². The van der Waals surface area contributed by atoms with Gasteiger partial charge in [-0.3, -0.25) is 9.78 Å². The predicted molar refractivity (Wildman–Crippen MR) is 61.6 cm³/mol. The van der Waals surface area contributed by atoms with Gasteiger partial charge in [-0.2, -0.15) is 12.6 Å². The third kappa shape index (κ3) is 3.31. The van der Waals surface area contributed by atoms with Crippen molar-refractivity contribution >= 4 is 29.9 Å². The zero-order valence-electron chi connectivity index (χ0n) is 8.23. The summed E-state index contributed by atoms with van der Waals surface area (Å²) in [7, 11) is 0. The molecule has 0 aromatic carbocycles. The topological polar surface area (TPSA) is 42.0 Å². The van der Waals surface area contributed by atoms with Gasteiger partial charge in [-0.25, -0.2) is 0 Å². The normalized spacial score (nSPS) is 12.9. The maximum Gasteiger partial charge on any atom is 0.233 e. The molecule has 1 atom stereocenters. The predicted octanol–water partition coefficient (Wildman–Crippen LogP) is 1.71. The highest BCUT2D eigenvalue weighted by Crippen LogP contribution is 2.10. The molecule has 0 fully saturated rings. The van der Waals surface area contributed by atoms with Crippen LogP contribution in [-0.4, -0.2) is 16.1 Å². The third-order valence-corrected chi connectivity index (χ3v) is 3.43. The summed E-state index contributed by atoms with van der Waals surface area (Å²) in [6.45, 7) is 4.50. The van der Waals surface area contributed by atoms with Gasteiger partial charge in [0.15, 0.2) is 0 Å². The van der Waals surface area contributed by atoms with Gasteiger partial charge in [0.05, 0.1) is 17.3 Å². The van der Waals surface area contributed by atoms with E-state index in [1.807, 2.05) is 13.8 Å². The Kier molecular flexibility index (Phi) is 4.41. The number of hydrogen-bond acceptors (Lipinski definition) is 4. The first-order valence-electron chi connectivity index (χ1n) is 4.44. The lowest BCUT2D eigenvalue weighted by Gasteiger charge is -2.13. The lowest BCUT2D eigenvalue weighted by molar-refractivity contribution is -0.121. The lowest BCUT2D eigenvalue weighted by Crippen LogP contribution is -2.33. The second kappa shape index (κ2) is 5.36. The largest absolute Gasteiger partial charge is 0.350 e. The van der Waals surface area contributed by atoms with Gasteiger partial charge in [-0.05, 0) is 5.92 Å². The van der Waals surface area contributed by atoms with Crippen molar-refractivity contribution in [2.75, 3.05) is 0 Å². The molecule has 0 bridgehead atoms. The van der Waals surface area contributed by atoms with Gasteiger partial charge in [0.25, 0.3) is 0 Å². The summed E-state index contributed by atoms with van der Waals surface area (Å²) in [4.78, 5) is 16.5. The minimum absolute atomic E-state index is 0.0169. The number of thiazole rings is 1. The molecule has 0 saturated carbocycles. The van der Waals surface area contributed by atoms with E-state index in [-0.39, 0.29) is 17.1 Å². The summed E-state index contributed by atoms with van der Waals surface area (Å²) in [6, 6.07) is 0. The molecule has 1 rings (SSSR count). The second-order valence-corrected chi connectivity index (χ2v) is 4.90. The average Bonchev–Trinajstić information content (AvgIpc) is 2.65. The van der Waals surface area contributed by atoms with Crippen LogP contribution in [0.4, 0.5) is 0 Å². The van der Waals surface area contributed by atoms with Crippen molar-refractivity contribution in [3.8, 4) is 0 Å². The van der Waals surface area contributed by atoms with Crippen LogP contribution in [0.2, 0.25) is 0 Å². The molecule has 0 radical (unpaired) electrons. The molecule has 1 heterocycles. The molecule has 0 saturated heterocycles. The fraction of sp³-hybridized carbons (Fsp3) is 0.556. The molecule has 1 amide bonds. The summed E-state index contributed by atoms with van der Waals surface area (Å²) in [5.41, 5.74) is 1.75. The Bertz CT molecular complexity index is 285. The summed E-state index contributed by atoms with van der Waals surface area (Å²) in [5, 5.41) is 2.59. The van der Waals surface area contributed by atoms with E-state index in [0.29, 0.717) is 6.54 Å². The molecule has 1 N–H and O–H groups in total. The van der Waals surface area contributed by atoms with Gasteiger partial charge in [-0.1, -0.05) is 13.8 Å². The standard InChI is InChI=1S/C9H14N2OS2/c1-6(2)8(13)9(12)11-4-7-3-10-5-14-7/h3,5-6,8,13H,4H2,1-2H3,(H,11,12). The number of rotatable bonds is 4. The highest BCUT2D eigenvalue weighted by Gasteiger charge is 2.16. The first-order chi connectivity index (χ1) is 6.61. The molecule has 0 aliphatic heterocycles. The van der Waals surface area contributed by atoms with Crippen molar-refractivity contribution in [1.29, 1.82) is 0 Å². The van der Waals surface area contributed by atoms with Gasteiger partial charge in [0.2, 0.25) is 5.91 Å². The van der Waals surface area contributed by atoms with E-state index in [4.69, 9.17) is 0 Å². The Morgan fingerprint density at radius 3 is 2.93 bits per heavy atom. The number of amides is 1. The first kappa shape index (κ1) is 11.5. The third-order valence-electron chi connectivity index (χ3n) is 1.82. The molecule has 1 unspecified atom stereocenters. The maximum absolute atomic E-state index is 11.5. The van der Waals surface area contributed by atoms with Gasteiger partial charge in [-0.15, -0.1) is 11.3 Å². The fourth-order valence-corrected chi connectivity index (χ4v) is 1.54. The highest BCUT2D eigenvalue weighted by molar-refractivity contribution is 7.81. The molecular formula is C9H14N2OS2. The fourth-order valence-electron chi connectivity index (χ4n) is 0.911.